The highest BCUT2D eigenvalue weighted by Gasteiger charge is 2.13. The van der Waals surface area contributed by atoms with Gasteiger partial charge in [-0.05, 0) is 44.4 Å². The predicted octanol–water partition coefficient (Wildman–Crippen LogP) is 3.44. The van der Waals surface area contributed by atoms with E-state index in [1.807, 2.05) is 0 Å². The number of aliphatic imine (C=N–C) groups is 1. The second-order valence-electron chi connectivity index (χ2n) is 5.30. The lowest BCUT2D eigenvalue weighted by Gasteiger charge is -2.27. The summed E-state index contributed by atoms with van der Waals surface area (Å²) in [6.07, 6.45) is 6.91. The van der Waals surface area contributed by atoms with Crippen molar-refractivity contribution in [2.24, 2.45) is 10.8 Å². The third-order valence-corrected chi connectivity index (χ3v) is 3.23. The molecule has 3 nitrogen and oxygen atoms in total. The summed E-state index contributed by atoms with van der Waals surface area (Å²) in [6, 6.07) is 0. The molecule has 0 aromatic carbocycles. The number of hydrogen-bond donors (Lipinski definition) is 1. The van der Waals surface area contributed by atoms with Crippen molar-refractivity contribution in [1.82, 2.24) is 0 Å². The van der Waals surface area contributed by atoms with Gasteiger partial charge in [-0.2, -0.15) is 5.84 Å². The van der Waals surface area contributed by atoms with Gasteiger partial charge in [0.15, 0.2) is 0 Å². The van der Waals surface area contributed by atoms with E-state index in [0.29, 0.717) is 4.59 Å². The van der Waals surface area contributed by atoms with Gasteiger partial charge in [-0.3, -0.25) is 9.58 Å². The Balaban J connectivity index is 3.55. The van der Waals surface area contributed by atoms with Gasteiger partial charge in [0.2, 0.25) is 0 Å². The molecule has 0 saturated heterocycles. The van der Waals surface area contributed by atoms with Crippen LogP contribution in [0, 0.1) is 0 Å². The van der Waals surface area contributed by atoms with Gasteiger partial charge in [-0.1, -0.05) is 26.5 Å². The van der Waals surface area contributed by atoms with E-state index in [9.17, 15) is 0 Å². The van der Waals surface area contributed by atoms with Crippen molar-refractivity contribution in [3.8, 4) is 0 Å². The van der Waals surface area contributed by atoms with Gasteiger partial charge < -0.3 is 0 Å². The fraction of sp³-hybridized carbons (Fsp3) is 0.667. The van der Waals surface area contributed by atoms with Crippen LogP contribution in [0.5, 0.6) is 0 Å². The molecule has 0 bridgehead atoms. The highest BCUT2D eigenvalue weighted by Crippen LogP contribution is 2.15. The maximum absolute atomic E-state index is 6.14. The van der Waals surface area contributed by atoms with E-state index in [-0.39, 0.29) is 0 Å². The van der Waals surface area contributed by atoms with Gasteiger partial charge in [0.25, 0.3) is 0 Å². The minimum Gasteiger partial charge on any atom is -0.265 e. The van der Waals surface area contributed by atoms with E-state index in [4.69, 9.17) is 5.84 Å². The summed E-state index contributed by atoms with van der Waals surface area (Å²) in [5.74, 6) is 6.14. The first-order chi connectivity index (χ1) is 8.43. The molecule has 0 saturated carbocycles. The summed E-state index contributed by atoms with van der Waals surface area (Å²) in [4.78, 5) is 3.79. The number of quaternary nitrogens is 1. The average molecular weight is 252 g/mol. The van der Waals surface area contributed by atoms with Gasteiger partial charge in [0, 0.05) is 0 Å². The molecule has 0 aromatic rings. The van der Waals surface area contributed by atoms with Crippen LogP contribution in [0.15, 0.2) is 29.4 Å². The molecule has 0 radical (unpaired) electrons. The summed E-state index contributed by atoms with van der Waals surface area (Å²) in [7, 11) is 2.10. The normalized spacial score (nSPS) is 13.9. The Morgan fingerprint density at radius 1 is 1.11 bits per heavy atom. The Hall–Kier alpha value is -0.930. The van der Waals surface area contributed by atoms with Crippen molar-refractivity contribution >= 4 is 6.72 Å². The highest BCUT2D eigenvalue weighted by atomic mass is 15.6. The molecule has 3 heteroatoms. The van der Waals surface area contributed by atoms with E-state index < -0.39 is 0 Å². The first kappa shape index (κ1) is 17.1. The van der Waals surface area contributed by atoms with Crippen LogP contribution in [0.2, 0.25) is 0 Å². The van der Waals surface area contributed by atoms with Crippen LogP contribution in [0.3, 0.4) is 0 Å². The molecule has 0 amide bonds. The number of unbranched alkanes of at least 4 members (excludes halogenated alkanes) is 3. The molecule has 0 aliphatic carbocycles. The van der Waals surface area contributed by atoms with Crippen LogP contribution in [0.25, 0.3) is 0 Å². The van der Waals surface area contributed by atoms with Gasteiger partial charge in [-0.15, -0.1) is 0 Å². The van der Waals surface area contributed by atoms with Crippen molar-refractivity contribution in [2.75, 3.05) is 20.1 Å². The average Bonchev–Trinajstić information content (AvgIpc) is 2.32. The zero-order valence-corrected chi connectivity index (χ0v) is 12.2. The first-order valence-electron chi connectivity index (χ1n) is 6.90. The lowest BCUT2D eigenvalue weighted by Crippen LogP contribution is -2.51. The molecule has 0 heterocycles. The minimum absolute atomic E-state index is 0.653. The standard InChI is InChI=1S/C15H30N3/c1-6-12-18(5,16)13-10-8-7-9-11-14(2)15(3)17-4/h2-4,6-13,16H2,1,5H3/q+1. The van der Waals surface area contributed by atoms with Gasteiger partial charge >= 0.3 is 0 Å². The van der Waals surface area contributed by atoms with E-state index in [0.717, 1.165) is 43.6 Å². The van der Waals surface area contributed by atoms with Gasteiger partial charge in [0.05, 0.1) is 25.8 Å². The molecule has 0 spiro atoms. The fourth-order valence-electron chi connectivity index (χ4n) is 2.04. The third-order valence-electron chi connectivity index (χ3n) is 3.23. The van der Waals surface area contributed by atoms with Gasteiger partial charge in [-0.25, -0.2) is 0 Å². The zero-order chi connectivity index (χ0) is 14.0. The van der Waals surface area contributed by atoms with Crippen LogP contribution in [-0.2, 0) is 0 Å². The van der Waals surface area contributed by atoms with Gasteiger partial charge in [0.1, 0.15) is 0 Å². The lowest BCUT2D eigenvalue weighted by atomic mass is 10.1. The quantitative estimate of drug-likeness (QED) is 0.150. The Morgan fingerprint density at radius 2 is 1.72 bits per heavy atom. The van der Waals surface area contributed by atoms with E-state index in [1.54, 1.807) is 0 Å². The second-order valence-corrected chi connectivity index (χ2v) is 5.30. The number of allylic oxidation sites excluding steroid dienone is 1. The topological polar surface area (TPSA) is 38.4 Å². The smallest absolute Gasteiger partial charge is 0.0958 e. The monoisotopic (exact) mass is 252 g/mol. The van der Waals surface area contributed by atoms with E-state index in [1.165, 1.54) is 19.3 Å². The molecule has 0 aliphatic rings. The summed E-state index contributed by atoms with van der Waals surface area (Å²) in [5.41, 5.74) is 1.74. The molecular weight excluding hydrogens is 222 g/mol. The second kappa shape index (κ2) is 9.06. The van der Waals surface area contributed by atoms with Crippen LogP contribution >= 0.6 is 0 Å². The van der Waals surface area contributed by atoms with Crippen molar-refractivity contribution in [1.29, 1.82) is 0 Å². The van der Waals surface area contributed by atoms with Crippen LogP contribution in [0.1, 0.15) is 45.4 Å². The zero-order valence-electron chi connectivity index (χ0n) is 12.2. The summed E-state index contributed by atoms with van der Waals surface area (Å²) in [6.45, 7) is 15.5. The maximum Gasteiger partial charge on any atom is 0.0958 e. The Bertz CT molecular complexity index is 279. The number of nitrogens with zero attached hydrogens (tertiary/aromatic N) is 2. The molecule has 1 atom stereocenters. The van der Waals surface area contributed by atoms with Crippen molar-refractivity contribution in [3.63, 3.8) is 0 Å². The third kappa shape index (κ3) is 8.20. The van der Waals surface area contributed by atoms with Crippen molar-refractivity contribution < 1.29 is 4.59 Å². The minimum atomic E-state index is 0.653. The van der Waals surface area contributed by atoms with Crippen LogP contribution in [0.4, 0.5) is 0 Å². The molecule has 0 aromatic heterocycles. The van der Waals surface area contributed by atoms with Crippen LogP contribution < -0.4 is 5.84 Å². The SMILES string of the molecule is C=NC(=C)C(=C)CCCCCC[N+](C)(N)CCC. The summed E-state index contributed by atoms with van der Waals surface area (Å²) in [5, 5.41) is 0. The first-order valence-corrected chi connectivity index (χ1v) is 6.90. The molecule has 104 valence electrons. The molecular formula is C15H30N3+. The largest absolute Gasteiger partial charge is 0.265 e. The van der Waals surface area contributed by atoms with Crippen LogP contribution in [-0.4, -0.2) is 31.4 Å². The lowest BCUT2D eigenvalue weighted by molar-refractivity contribution is -0.921. The van der Waals surface area contributed by atoms with Crippen molar-refractivity contribution in [2.45, 2.75) is 45.4 Å². The fourth-order valence-corrected chi connectivity index (χ4v) is 2.04. The number of nitrogens with two attached hydrogens (primary N) is 1. The van der Waals surface area contributed by atoms with E-state index in [2.05, 4.69) is 38.8 Å². The Morgan fingerprint density at radius 3 is 2.28 bits per heavy atom. The molecule has 2 N–H and O–H groups in total. The molecule has 18 heavy (non-hydrogen) atoms. The Kier molecular flexibility index (Phi) is 8.59. The molecule has 1 unspecified atom stereocenters. The number of hydrogen-bond acceptors (Lipinski definition) is 2. The molecule has 0 fully saturated rings. The summed E-state index contributed by atoms with van der Waals surface area (Å²) >= 11 is 0. The molecule has 0 aliphatic heterocycles. The Labute approximate surface area is 113 Å². The predicted molar refractivity (Wildman–Crippen MR) is 81.3 cm³/mol. The van der Waals surface area contributed by atoms with Crippen molar-refractivity contribution in [3.05, 3.63) is 24.4 Å². The highest BCUT2D eigenvalue weighted by molar-refractivity contribution is 5.35. The van der Waals surface area contributed by atoms with E-state index >= 15 is 0 Å². The number of rotatable bonds is 11. The molecule has 0 rings (SSSR count). The summed E-state index contributed by atoms with van der Waals surface area (Å²) < 4.78 is 0.653. The maximum atomic E-state index is 6.14.